The molecule has 0 aliphatic heterocycles. The topological polar surface area (TPSA) is 72.3 Å². The minimum Gasteiger partial charge on any atom is -0.477 e. The lowest BCUT2D eigenvalue weighted by Crippen LogP contribution is -2.12. The summed E-state index contributed by atoms with van der Waals surface area (Å²) in [6, 6.07) is 1.45. The number of nitrogens with zero attached hydrogens (tertiary/aromatic N) is 2. The highest BCUT2D eigenvalue weighted by molar-refractivity contribution is 5.85. The van der Waals surface area contributed by atoms with Crippen molar-refractivity contribution >= 4 is 5.97 Å². The van der Waals surface area contributed by atoms with Gasteiger partial charge in [-0.05, 0) is 26.3 Å². The SMILES string of the molecule is CCOC(CC)c1nc(C)cc(C(=O)O)n1. The van der Waals surface area contributed by atoms with Crippen molar-refractivity contribution in [3.8, 4) is 0 Å². The van der Waals surface area contributed by atoms with Crippen molar-refractivity contribution in [2.45, 2.75) is 33.3 Å². The third kappa shape index (κ3) is 3.00. The lowest BCUT2D eigenvalue weighted by atomic mass is 10.2. The predicted octanol–water partition coefficient (Wildman–Crippen LogP) is 1.97. The molecule has 16 heavy (non-hydrogen) atoms. The first-order valence-electron chi connectivity index (χ1n) is 5.29. The molecule has 0 amide bonds. The van der Waals surface area contributed by atoms with Gasteiger partial charge in [0.15, 0.2) is 11.5 Å². The monoisotopic (exact) mass is 224 g/mol. The molecule has 5 nitrogen and oxygen atoms in total. The minimum atomic E-state index is -1.04. The molecule has 0 fully saturated rings. The van der Waals surface area contributed by atoms with Gasteiger partial charge in [-0.15, -0.1) is 0 Å². The van der Waals surface area contributed by atoms with Crippen molar-refractivity contribution in [3.05, 3.63) is 23.3 Å². The molecular weight excluding hydrogens is 208 g/mol. The van der Waals surface area contributed by atoms with Crippen LogP contribution >= 0.6 is 0 Å². The summed E-state index contributed by atoms with van der Waals surface area (Å²) in [5.74, 6) is -0.597. The zero-order chi connectivity index (χ0) is 12.1. The second kappa shape index (κ2) is 5.55. The van der Waals surface area contributed by atoms with Crippen LogP contribution < -0.4 is 0 Å². The van der Waals surface area contributed by atoms with Crippen LogP contribution in [0.5, 0.6) is 0 Å². The molecule has 0 spiro atoms. The van der Waals surface area contributed by atoms with E-state index in [4.69, 9.17) is 9.84 Å². The van der Waals surface area contributed by atoms with Gasteiger partial charge in [-0.2, -0.15) is 0 Å². The Labute approximate surface area is 94.5 Å². The summed E-state index contributed by atoms with van der Waals surface area (Å²) in [5, 5.41) is 8.89. The van der Waals surface area contributed by atoms with Crippen molar-refractivity contribution < 1.29 is 14.6 Å². The highest BCUT2D eigenvalue weighted by atomic mass is 16.5. The number of aromatic nitrogens is 2. The molecule has 0 saturated heterocycles. The van der Waals surface area contributed by atoms with Crippen molar-refractivity contribution in [2.24, 2.45) is 0 Å². The lowest BCUT2D eigenvalue weighted by Gasteiger charge is -2.14. The Balaban J connectivity index is 3.07. The van der Waals surface area contributed by atoms with Gasteiger partial charge in [-0.3, -0.25) is 0 Å². The van der Waals surface area contributed by atoms with E-state index in [-0.39, 0.29) is 11.8 Å². The molecule has 0 bridgehead atoms. The van der Waals surface area contributed by atoms with Crippen LogP contribution in [0.15, 0.2) is 6.07 Å². The van der Waals surface area contributed by atoms with E-state index < -0.39 is 5.97 Å². The zero-order valence-corrected chi connectivity index (χ0v) is 9.73. The van der Waals surface area contributed by atoms with Crippen LogP contribution in [0.3, 0.4) is 0 Å². The maximum absolute atomic E-state index is 10.8. The van der Waals surface area contributed by atoms with Gasteiger partial charge in [0.1, 0.15) is 6.10 Å². The number of aromatic carboxylic acids is 1. The van der Waals surface area contributed by atoms with E-state index in [0.717, 1.165) is 6.42 Å². The first-order valence-corrected chi connectivity index (χ1v) is 5.29. The molecule has 1 rings (SSSR count). The number of carboxylic acids is 1. The first-order chi connectivity index (χ1) is 7.58. The molecule has 1 atom stereocenters. The quantitative estimate of drug-likeness (QED) is 0.827. The van der Waals surface area contributed by atoms with Crippen LogP contribution in [0.4, 0.5) is 0 Å². The molecule has 0 radical (unpaired) electrons. The van der Waals surface area contributed by atoms with Crippen LogP contribution in [-0.2, 0) is 4.74 Å². The molecule has 0 saturated carbocycles. The molecule has 0 aliphatic carbocycles. The Bertz CT molecular complexity index is 379. The van der Waals surface area contributed by atoms with Gasteiger partial charge in [0.25, 0.3) is 0 Å². The smallest absolute Gasteiger partial charge is 0.354 e. The van der Waals surface area contributed by atoms with Crippen LogP contribution in [0.1, 0.15) is 48.4 Å². The summed E-state index contributed by atoms with van der Waals surface area (Å²) < 4.78 is 5.45. The minimum absolute atomic E-state index is 0.0145. The number of hydrogen-bond donors (Lipinski definition) is 1. The fourth-order valence-electron chi connectivity index (χ4n) is 1.42. The fourth-order valence-corrected chi connectivity index (χ4v) is 1.42. The molecule has 88 valence electrons. The van der Waals surface area contributed by atoms with E-state index >= 15 is 0 Å². The highest BCUT2D eigenvalue weighted by Gasteiger charge is 2.16. The number of hydrogen-bond acceptors (Lipinski definition) is 4. The molecule has 1 N–H and O–H groups in total. The summed E-state index contributed by atoms with van der Waals surface area (Å²) in [4.78, 5) is 19.0. The average Bonchev–Trinajstić information content (AvgIpc) is 2.24. The van der Waals surface area contributed by atoms with E-state index in [1.165, 1.54) is 6.07 Å². The van der Waals surface area contributed by atoms with Crippen LogP contribution in [-0.4, -0.2) is 27.7 Å². The largest absolute Gasteiger partial charge is 0.477 e. The van der Waals surface area contributed by atoms with Crippen LogP contribution in [0, 0.1) is 6.92 Å². The van der Waals surface area contributed by atoms with E-state index in [1.54, 1.807) is 6.92 Å². The predicted molar refractivity (Wildman–Crippen MR) is 58.4 cm³/mol. The fraction of sp³-hybridized carbons (Fsp3) is 0.545. The van der Waals surface area contributed by atoms with Gasteiger partial charge >= 0.3 is 5.97 Å². The third-order valence-corrected chi connectivity index (χ3v) is 2.12. The summed E-state index contributed by atoms with van der Waals surface area (Å²) in [6.07, 6.45) is 0.485. The number of carbonyl (C=O) groups is 1. The Morgan fingerprint density at radius 1 is 1.50 bits per heavy atom. The number of carboxylic acid groups (broad SMARTS) is 1. The molecule has 1 unspecified atom stereocenters. The molecule has 5 heteroatoms. The van der Waals surface area contributed by atoms with Gasteiger partial charge in [-0.1, -0.05) is 6.92 Å². The maximum Gasteiger partial charge on any atom is 0.354 e. The van der Waals surface area contributed by atoms with E-state index in [2.05, 4.69) is 9.97 Å². The second-order valence-electron chi connectivity index (χ2n) is 3.41. The molecule has 0 aliphatic rings. The van der Waals surface area contributed by atoms with Crippen LogP contribution in [0.2, 0.25) is 0 Å². The zero-order valence-electron chi connectivity index (χ0n) is 9.73. The summed E-state index contributed by atoms with van der Waals surface area (Å²) in [6.45, 7) is 6.14. The maximum atomic E-state index is 10.8. The van der Waals surface area contributed by atoms with Gasteiger partial charge in [0, 0.05) is 12.3 Å². The summed E-state index contributed by atoms with van der Waals surface area (Å²) >= 11 is 0. The van der Waals surface area contributed by atoms with Gasteiger partial charge < -0.3 is 9.84 Å². The van der Waals surface area contributed by atoms with Crippen molar-refractivity contribution in [3.63, 3.8) is 0 Å². The van der Waals surface area contributed by atoms with Crippen LogP contribution in [0.25, 0.3) is 0 Å². The van der Waals surface area contributed by atoms with Gasteiger partial charge in [0.2, 0.25) is 0 Å². The number of rotatable bonds is 5. The van der Waals surface area contributed by atoms with Gasteiger partial charge in [0.05, 0.1) is 0 Å². The Morgan fingerprint density at radius 2 is 2.19 bits per heavy atom. The number of aryl methyl sites for hydroxylation is 1. The highest BCUT2D eigenvalue weighted by Crippen LogP contribution is 2.17. The summed E-state index contributed by atoms with van der Waals surface area (Å²) in [7, 11) is 0. The third-order valence-electron chi connectivity index (χ3n) is 2.12. The Kier molecular flexibility index (Phi) is 4.37. The lowest BCUT2D eigenvalue weighted by molar-refractivity contribution is 0.0526. The second-order valence-corrected chi connectivity index (χ2v) is 3.41. The molecule has 0 aromatic carbocycles. The normalized spacial score (nSPS) is 12.4. The van der Waals surface area contributed by atoms with E-state index in [0.29, 0.717) is 18.1 Å². The molecular formula is C11H16N2O3. The number of ether oxygens (including phenoxy) is 1. The molecule has 1 heterocycles. The Morgan fingerprint density at radius 3 is 2.69 bits per heavy atom. The average molecular weight is 224 g/mol. The van der Waals surface area contributed by atoms with Crippen molar-refractivity contribution in [1.82, 2.24) is 9.97 Å². The van der Waals surface area contributed by atoms with Crippen molar-refractivity contribution in [2.75, 3.05) is 6.61 Å². The van der Waals surface area contributed by atoms with E-state index in [9.17, 15) is 4.79 Å². The van der Waals surface area contributed by atoms with E-state index in [1.807, 2.05) is 13.8 Å². The molecule has 1 aromatic heterocycles. The standard InChI is InChI=1S/C11H16N2O3/c1-4-9(16-5-2)10-12-7(3)6-8(13-10)11(14)15/h6,9H,4-5H2,1-3H3,(H,14,15). The summed E-state index contributed by atoms with van der Waals surface area (Å²) in [5.41, 5.74) is 0.654. The Hall–Kier alpha value is -1.49. The molecule has 1 aromatic rings. The van der Waals surface area contributed by atoms with Gasteiger partial charge in [-0.25, -0.2) is 14.8 Å². The first kappa shape index (κ1) is 12.6. The van der Waals surface area contributed by atoms with Crippen molar-refractivity contribution in [1.29, 1.82) is 0 Å².